The zero-order chi connectivity index (χ0) is 15.1. The molecule has 0 saturated carbocycles. The van der Waals surface area contributed by atoms with Gasteiger partial charge < -0.3 is 4.52 Å². The first kappa shape index (κ1) is 13.8. The van der Waals surface area contributed by atoms with Gasteiger partial charge in [0, 0.05) is 48.2 Å². The molecule has 0 saturated heterocycles. The Hall–Kier alpha value is -1.86. The minimum Gasteiger partial charge on any atom is -0.340 e. The third-order valence-electron chi connectivity index (χ3n) is 3.80. The first-order valence-electron chi connectivity index (χ1n) is 7.13. The van der Waals surface area contributed by atoms with Crippen LogP contribution in [0.3, 0.4) is 0 Å². The van der Waals surface area contributed by atoms with Crippen LogP contribution in [0.25, 0.3) is 11.0 Å². The summed E-state index contributed by atoms with van der Waals surface area (Å²) in [4.78, 5) is 15.7. The number of nitrogens with zero attached hydrogens (tertiary/aromatic N) is 5. The van der Waals surface area contributed by atoms with Gasteiger partial charge in [0.2, 0.25) is 5.89 Å². The van der Waals surface area contributed by atoms with Crippen LogP contribution in [-0.2, 0) is 19.5 Å². The molecule has 6 nitrogen and oxygen atoms in total. The van der Waals surface area contributed by atoms with Gasteiger partial charge in [-0.25, -0.2) is 9.97 Å². The van der Waals surface area contributed by atoms with Gasteiger partial charge in [-0.2, -0.15) is 4.98 Å². The van der Waals surface area contributed by atoms with Crippen molar-refractivity contribution in [3.63, 3.8) is 0 Å². The molecular formula is C15H14BrN5O. The largest absolute Gasteiger partial charge is 0.340 e. The van der Waals surface area contributed by atoms with Gasteiger partial charge in [-0.15, -0.1) is 0 Å². The topological polar surface area (TPSA) is 67.9 Å². The van der Waals surface area contributed by atoms with Crippen LogP contribution in [-0.4, -0.2) is 31.6 Å². The first-order chi connectivity index (χ1) is 10.7. The summed E-state index contributed by atoms with van der Waals surface area (Å²) in [5.74, 6) is 1.34. The van der Waals surface area contributed by atoms with Gasteiger partial charge >= 0.3 is 0 Å². The molecule has 0 aromatic carbocycles. The second-order valence-electron chi connectivity index (χ2n) is 5.48. The fourth-order valence-electron chi connectivity index (χ4n) is 2.80. The van der Waals surface area contributed by atoms with Gasteiger partial charge in [-0.3, -0.25) is 4.90 Å². The van der Waals surface area contributed by atoms with Crippen LogP contribution >= 0.6 is 15.9 Å². The molecule has 112 valence electrons. The van der Waals surface area contributed by atoms with Crippen LogP contribution in [0.5, 0.6) is 0 Å². The van der Waals surface area contributed by atoms with Crippen LogP contribution < -0.4 is 0 Å². The highest BCUT2D eigenvalue weighted by atomic mass is 79.9. The number of aromatic nitrogens is 4. The van der Waals surface area contributed by atoms with E-state index < -0.39 is 0 Å². The smallest absolute Gasteiger partial charge is 0.223 e. The molecule has 4 rings (SSSR count). The van der Waals surface area contributed by atoms with Crippen LogP contribution in [0.1, 0.15) is 23.0 Å². The predicted octanol–water partition coefficient (Wildman–Crippen LogP) is 2.64. The number of hydrogen-bond acceptors (Lipinski definition) is 6. The fraction of sp³-hybridized carbons (Fsp3) is 0.333. The summed E-state index contributed by atoms with van der Waals surface area (Å²) in [5.41, 5.74) is 3.20. The maximum atomic E-state index is 5.03. The first-order valence-corrected chi connectivity index (χ1v) is 7.92. The predicted molar refractivity (Wildman–Crippen MR) is 84.1 cm³/mol. The average molecular weight is 360 g/mol. The van der Waals surface area contributed by atoms with E-state index in [0.717, 1.165) is 46.5 Å². The second kappa shape index (κ2) is 5.40. The lowest BCUT2D eigenvalue weighted by molar-refractivity contribution is 0.234. The van der Waals surface area contributed by atoms with Crippen molar-refractivity contribution in [3.8, 4) is 0 Å². The van der Waals surface area contributed by atoms with E-state index in [-0.39, 0.29) is 0 Å². The van der Waals surface area contributed by atoms with Crippen molar-refractivity contribution in [2.75, 3.05) is 6.54 Å². The van der Waals surface area contributed by atoms with Crippen molar-refractivity contribution in [3.05, 3.63) is 45.8 Å². The summed E-state index contributed by atoms with van der Waals surface area (Å²) in [6.07, 6.45) is 2.70. The molecule has 1 aliphatic rings. The van der Waals surface area contributed by atoms with Gasteiger partial charge in [0.05, 0.1) is 6.54 Å². The molecule has 7 heteroatoms. The van der Waals surface area contributed by atoms with Crippen LogP contribution in [0.2, 0.25) is 0 Å². The zero-order valence-corrected chi connectivity index (χ0v) is 13.7. The Morgan fingerprint density at radius 3 is 3.05 bits per heavy atom. The maximum Gasteiger partial charge on any atom is 0.223 e. The number of hydrogen-bond donors (Lipinski definition) is 0. The summed E-state index contributed by atoms with van der Waals surface area (Å²) >= 11 is 3.46. The second-order valence-corrected chi connectivity index (χ2v) is 6.40. The highest BCUT2D eigenvalue weighted by Crippen LogP contribution is 2.24. The maximum absolute atomic E-state index is 5.03. The quantitative estimate of drug-likeness (QED) is 0.700. The molecule has 0 unspecified atom stereocenters. The molecule has 0 spiro atoms. The lowest BCUT2D eigenvalue weighted by Gasteiger charge is -2.27. The van der Waals surface area contributed by atoms with Crippen molar-refractivity contribution in [1.82, 2.24) is 25.0 Å². The van der Waals surface area contributed by atoms with E-state index in [4.69, 9.17) is 9.51 Å². The molecule has 22 heavy (non-hydrogen) atoms. The highest BCUT2D eigenvalue weighted by Gasteiger charge is 2.20. The minimum atomic E-state index is 0.607. The number of aryl methyl sites for hydroxylation is 1. The van der Waals surface area contributed by atoms with E-state index in [0.29, 0.717) is 12.4 Å². The summed E-state index contributed by atoms with van der Waals surface area (Å²) in [6.45, 7) is 4.29. The van der Waals surface area contributed by atoms with Crippen molar-refractivity contribution >= 4 is 27.0 Å². The van der Waals surface area contributed by atoms with E-state index in [1.54, 1.807) is 6.20 Å². The van der Waals surface area contributed by atoms with Gasteiger partial charge in [-0.1, -0.05) is 5.16 Å². The Bertz CT molecular complexity index is 847. The standard InChI is InChI=1S/C15H14BrN5O/c1-9-18-14(20-22-9)8-21-3-2-13-11(7-21)4-10-5-12(16)6-17-15(10)19-13/h4-6H,2-3,7-8H2,1H3. The molecule has 0 bridgehead atoms. The van der Waals surface area contributed by atoms with Crippen LogP contribution in [0.4, 0.5) is 0 Å². The van der Waals surface area contributed by atoms with E-state index >= 15 is 0 Å². The van der Waals surface area contributed by atoms with Crippen LogP contribution in [0, 0.1) is 6.92 Å². The number of halogens is 1. The van der Waals surface area contributed by atoms with Gasteiger partial charge in [0.1, 0.15) is 0 Å². The Labute approximate surface area is 135 Å². The molecule has 0 N–H and O–H groups in total. The minimum absolute atomic E-state index is 0.607. The summed E-state index contributed by atoms with van der Waals surface area (Å²) in [7, 11) is 0. The molecule has 0 aliphatic carbocycles. The lowest BCUT2D eigenvalue weighted by atomic mass is 10.0. The van der Waals surface area contributed by atoms with E-state index in [9.17, 15) is 0 Å². The third kappa shape index (κ3) is 2.62. The molecule has 0 fully saturated rings. The Balaban J connectivity index is 1.61. The third-order valence-corrected chi connectivity index (χ3v) is 4.23. The van der Waals surface area contributed by atoms with Crippen molar-refractivity contribution in [2.45, 2.75) is 26.4 Å². The summed E-state index contributed by atoms with van der Waals surface area (Å²) in [5, 5.41) is 5.03. The Morgan fingerprint density at radius 1 is 1.32 bits per heavy atom. The van der Waals surface area contributed by atoms with Crippen molar-refractivity contribution in [1.29, 1.82) is 0 Å². The zero-order valence-electron chi connectivity index (χ0n) is 12.1. The van der Waals surface area contributed by atoms with Crippen molar-refractivity contribution < 1.29 is 4.52 Å². The summed E-state index contributed by atoms with van der Waals surface area (Å²) in [6, 6.07) is 4.24. The molecule has 3 aromatic heterocycles. The molecule has 3 aromatic rings. The fourth-order valence-corrected chi connectivity index (χ4v) is 3.14. The SMILES string of the molecule is Cc1nc(CN2CCc3nc4ncc(Br)cc4cc3C2)no1. The average Bonchev–Trinajstić information content (AvgIpc) is 2.90. The van der Waals surface area contributed by atoms with Gasteiger partial charge in [-0.05, 0) is 33.6 Å². The van der Waals surface area contributed by atoms with Crippen molar-refractivity contribution in [2.24, 2.45) is 0 Å². The molecule has 1 aliphatic heterocycles. The Kier molecular flexibility index (Phi) is 3.38. The van der Waals surface area contributed by atoms with Crippen LogP contribution in [0.15, 0.2) is 27.3 Å². The number of fused-ring (bicyclic) bond motifs is 2. The molecule has 0 radical (unpaired) electrons. The molecule has 0 atom stereocenters. The molecule has 0 amide bonds. The normalized spacial score (nSPS) is 15.2. The monoisotopic (exact) mass is 359 g/mol. The highest BCUT2D eigenvalue weighted by molar-refractivity contribution is 9.10. The lowest BCUT2D eigenvalue weighted by Crippen LogP contribution is -2.31. The number of pyridine rings is 2. The van der Waals surface area contributed by atoms with Gasteiger partial charge in [0.15, 0.2) is 11.5 Å². The Morgan fingerprint density at radius 2 is 2.23 bits per heavy atom. The van der Waals surface area contributed by atoms with E-state index in [2.05, 4.69) is 48.1 Å². The van der Waals surface area contributed by atoms with E-state index in [1.165, 1.54) is 5.56 Å². The van der Waals surface area contributed by atoms with E-state index in [1.807, 2.05) is 6.92 Å². The molecule has 4 heterocycles. The molecular weight excluding hydrogens is 346 g/mol. The number of rotatable bonds is 2. The van der Waals surface area contributed by atoms with Gasteiger partial charge in [0.25, 0.3) is 0 Å². The summed E-state index contributed by atoms with van der Waals surface area (Å²) < 4.78 is 6.00.